The lowest BCUT2D eigenvalue weighted by atomic mass is 10.1. The fourth-order valence-corrected chi connectivity index (χ4v) is 3.66. The van der Waals surface area contributed by atoms with Gasteiger partial charge in [-0.25, -0.2) is 4.39 Å². The molecule has 0 aromatic heterocycles. The SMILES string of the molecule is O=C(c1ccccc1I)N1CCN(Cc2c(F)cccc2Cl)CC1. The average Bonchev–Trinajstić information content (AvgIpc) is 2.59. The largest absolute Gasteiger partial charge is 0.336 e. The van der Waals surface area contributed by atoms with Gasteiger partial charge < -0.3 is 4.90 Å². The van der Waals surface area contributed by atoms with Crippen LogP contribution in [-0.2, 0) is 6.54 Å². The molecular formula is C18H17ClFIN2O. The minimum atomic E-state index is -0.278. The number of carbonyl (C=O) groups excluding carboxylic acids is 1. The van der Waals surface area contributed by atoms with Crippen molar-refractivity contribution in [2.45, 2.75) is 6.54 Å². The number of piperazine rings is 1. The van der Waals surface area contributed by atoms with Gasteiger partial charge in [0.15, 0.2) is 0 Å². The molecule has 126 valence electrons. The summed E-state index contributed by atoms with van der Waals surface area (Å²) in [5.74, 6) is -0.219. The smallest absolute Gasteiger partial charge is 0.255 e. The molecule has 1 aliphatic rings. The Morgan fingerprint density at radius 3 is 2.46 bits per heavy atom. The van der Waals surface area contributed by atoms with Gasteiger partial charge in [0.1, 0.15) is 5.82 Å². The zero-order valence-corrected chi connectivity index (χ0v) is 15.9. The van der Waals surface area contributed by atoms with Crippen LogP contribution in [0.15, 0.2) is 42.5 Å². The minimum Gasteiger partial charge on any atom is -0.336 e. The first kappa shape index (κ1) is 17.6. The Morgan fingerprint density at radius 1 is 1.08 bits per heavy atom. The van der Waals surface area contributed by atoms with Gasteiger partial charge in [-0.1, -0.05) is 29.8 Å². The number of halogens is 3. The van der Waals surface area contributed by atoms with Gasteiger partial charge >= 0.3 is 0 Å². The molecule has 1 heterocycles. The molecule has 1 amide bonds. The molecule has 1 aliphatic heterocycles. The van der Waals surface area contributed by atoms with Crippen LogP contribution in [0.25, 0.3) is 0 Å². The topological polar surface area (TPSA) is 23.6 Å². The fraction of sp³-hybridized carbons (Fsp3) is 0.278. The molecule has 0 spiro atoms. The van der Waals surface area contributed by atoms with Crippen molar-refractivity contribution >= 4 is 40.1 Å². The molecule has 0 unspecified atom stereocenters. The highest BCUT2D eigenvalue weighted by molar-refractivity contribution is 14.1. The molecule has 1 saturated heterocycles. The van der Waals surface area contributed by atoms with E-state index in [1.54, 1.807) is 12.1 Å². The Kier molecular flexibility index (Phi) is 5.73. The summed E-state index contributed by atoms with van der Waals surface area (Å²) in [5.41, 5.74) is 1.26. The van der Waals surface area contributed by atoms with Crippen molar-refractivity contribution in [3.8, 4) is 0 Å². The molecule has 6 heteroatoms. The molecule has 2 aromatic carbocycles. The maximum atomic E-state index is 13.9. The molecular weight excluding hydrogens is 442 g/mol. The van der Waals surface area contributed by atoms with Crippen LogP contribution in [-0.4, -0.2) is 41.9 Å². The van der Waals surface area contributed by atoms with Gasteiger partial charge in [0.25, 0.3) is 5.91 Å². The Hall–Kier alpha value is -1.18. The van der Waals surface area contributed by atoms with Crippen molar-refractivity contribution in [3.63, 3.8) is 0 Å². The summed E-state index contributed by atoms with van der Waals surface area (Å²) in [6.07, 6.45) is 0. The normalized spacial score (nSPS) is 15.5. The zero-order chi connectivity index (χ0) is 17.1. The van der Waals surface area contributed by atoms with Crippen molar-refractivity contribution in [1.29, 1.82) is 0 Å². The Morgan fingerprint density at radius 2 is 1.79 bits per heavy atom. The van der Waals surface area contributed by atoms with Crippen molar-refractivity contribution in [2.24, 2.45) is 0 Å². The molecule has 3 nitrogen and oxygen atoms in total. The zero-order valence-electron chi connectivity index (χ0n) is 13.0. The van der Waals surface area contributed by atoms with Crippen LogP contribution in [0.1, 0.15) is 15.9 Å². The molecule has 0 bridgehead atoms. The van der Waals surface area contributed by atoms with Crippen molar-refractivity contribution in [2.75, 3.05) is 26.2 Å². The lowest BCUT2D eigenvalue weighted by Gasteiger charge is -2.35. The number of carbonyl (C=O) groups is 1. The summed E-state index contributed by atoms with van der Waals surface area (Å²) in [4.78, 5) is 16.6. The van der Waals surface area contributed by atoms with Crippen LogP contribution in [0, 0.1) is 9.39 Å². The van der Waals surface area contributed by atoms with Crippen LogP contribution >= 0.6 is 34.2 Å². The van der Waals surface area contributed by atoms with E-state index in [1.807, 2.05) is 29.2 Å². The summed E-state index contributed by atoms with van der Waals surface area (Å²) >= 11 is 8.28. The average molecular weight is 459 g/mol. The number of hydrogen-bond donors (Lipinski definition) is 0. The molecule has 24 heavy (non-hydrogen) atoms. The Bertz CT molecular complexity index is 727. The van der Waals surface area contributed by atoms with E-state index in [9.17, 15) is 9.18 Å². The molecule has 2 aromatic rings. The third-order valence-corrected chi connectivity index (χ3v) is 5.50. The summed E-state index contributed by atoms with van der Waals surface area (Å²) < 4.78 is 14.9. The molecule has 1 fully saturated rings. The Labute approximate surface area is 159 Å². The van der Waals surface area contributed by atoms with Gasteiger partial charge in [0, 0.05) is 46.9 Å². The van der Waals surface area contributed by atoms with Gasteiger partial charge in [-0.15, -0.1) is 0 Å². The van der Waals surface area contributed by atoms with E-state index < -0.39 is 0 Å². The van der Waals surface area contributed by atoms with E-state index in [0.717, 1.165) is 9.13 Å². The first-order chi connectivity index (χ1) is 11.6. The maximum Gasteiger partial charge on any atom is 0.255 e. The highest BCUT2D eigenvalue weighted by atomic mass is 127. The second kappa shape index (κ2) is 7.80. The van der Waals surface area contributed by atoms with E-state index >= 15 is 0 Å². The van der Waals surface area contributed by atoms with Crippen LogP contribution in [0.2, 0.25) is 5.02 Å². The molecule has 0 radical (unpaired) electrons. The van der Waals surface area contributed by atoms with Crippen LogP contribution in [0.3, 0.4) is 0 Å². The van der Waals surface area contributed by atoms with Crippen molar-refractivity contribution in [3.05, 3.63) is 68.0 Å². The molecule has 0 N–H and O–H groups in total. The summed E-state index contributed by atoms with van der Waals surface area (Å²) in [6.45, 7) is 3.15. The number of benzene rings is 2. The number of nitrogens with zero attached hydrogens (tertiary/aromatic N) is 2. The van der Waals surface area contributed by atoms with Crippen molar-refractivity contribution < 1.29 is 9.18 Å². The van der Waals surface area contributed by atoms with Crippen molar-refractivity contribution in [1.82, 2.24) is 9.80 Å². The maximum absolute atomic E-state index is 13.9. The van der Waals surface area contributed by atoms with E-state index in [-0.39, 0.29) is 11.7 Å². The summed E-state index contributed by atoms with van der Waals surface area (Å²) in [5, 5.41) is 0.451. The quantitative estimate of drug-likeness (QED) is 0.648. The Balaban J connectivity index is 1.62. The number of rotatable bonds is 3. The van der Waals surface area contributed by atoms with Gasteiger partial charge in [-0.3, -0.25) is 9.69 Å². The van der Waals surface area contributed by atoms with E-state index in [1.165, 1.54) is 6.07 Å². The first-order valence-corrected chi connectivity index (χ1v) is 9.21. The van der Waals surface area contributed by atoms with Gasteiger partial charge in [0.2, 0.25) is 0 Å². The first-order valence-electron chi connectivity index (χ1n) is 7.75. The van der Waals surface area contributed by atoms with Gasteiger partial charge in [-0.2, -0.15) is 0 Å². The van der Waals surface area contributed by atoms with Gasteiger partial charge in [0.05, 0.1) is 5.56 Å². The lowest BCUT2D eigenvalue weighted by Crippen LogP contribution is -2.48. The monoisotopic (exact) mass is 458 g/mol. The van der Waals surface area contributed by atoms with Crippen LogP contribution < -0.4 is 0 Å². The van der Waals surface area contributed by atoms with Gasteiger partial charge in [-0.05, 0) is 46.9 Å². The van der Waals surface area contributed by atoms with E-state index in [2.05, 4.69) is 27.5 Å². The third kappa shape index (κ3) is 3.90. The van der Waals surface area contributed by atoms with Crippen LogP contribution in [0.4, 0.5) is 4.39 Å². The number of amides is 1. The summed E-state index contributed by atoms with van der Waals surface area (Å²) in [7, 11) is 0. The lowest BCUT2D eigenvalue weighted by molar-refractivity contribution is 0.0626. The molecule has 0 aliphatic carbocycles. The minimum absolute atomic E-state index is 0.0589. The van der Waals surface area contributed by atoms with E-state index in [0.29, 0.717) is 43.3 Å². The second-order valence-electron chi connectivity index (χ2n) is 5.75. The molecule has 3 rings (SSSR count). The molecule has 0 saturated carbocycles. The predicted molar refractivity (Wildman–Crippen MR) is 102 cm³/mol. The fourth-order valence-electron chi connectivity index (χ4n) is 2.82. The molecule has 0 atom stereocenters. The van der Waals surface area contributed by atoms with E-state index in [4.69, 9.17) is 11.6 Å². The van der Waals surface area contributed by atoms with Crippen LogP contribution in [0.5, 0.6) is 0 Å². The highest BCUT2D eigenvalue weighted by Crippen LogP contribution is 2.22. The standard InChI is InChI=1S/C18H17ClFIN2O/c19-15-5-3-6-16(20)14(15)12-22-8-10-23(11-9-22)18(24)13-4-1-2-7-17(13)21/h1-7H,8-12H2. The number of hydrogen-bond acceptors (Lipinski definition) is 2. The third-order valence-electron chi connectivity index (χ3n) is 4.21. The summed E-state index contributed by atoms with van der Waals surface area (Å²) in [6, 6.07) is 12.3. The predicted octanol–water partition coefficient (Wildman–Crippen LogP) is 4.04. The second-order valence-corrected chi connectivity index (χ2v) is 7.32. The highest BCUT2D eigenvalue weighted by Gasteiger charge is 2.24.